The summed E-state index contributed by atoms with van der Waals surface area (Å²) >= 11 is 0. The van der Waals surface area contributed by atoms with Gasteiger partial charge in [0.1, 0.15) is 6.04 Å². The molecule has 32 heavy (non-hydrogen) atoms. The molecule has 0 bridgehead atoms. The van der Waals surface area contributed by atoms with Crippen LogP contribution in [0.1, 0.15) is 44.2 Å². The van der Waals surface area contributed by atoms with Crippen molar-refractivity contribution in [2.75, 3.05) is 39.4 Å². The predicted octanol–water partition coefficient (Wildman–Crippen LogP) is 2.08. The zero-order valence-electron chi connectivity index (χ0n) is 19.3. The van der Waals surface area contributed by atoms with E-state index >= 15 is 0 Å². The fraction of sp³-hybridized carbons (Fsp3) is 0.640. The summed E-state index contributed by atoms with van der Waals surface area (Å²) in [5.74, 6) is 0.486. The highest BCUT2D eigenvalue weighted by molar-refractivity contribution is 5.89. The zero-order valence-corrected chi connectivity index (χ0v) is 19.3. The number of nitrogens with zero attached hydrogens (tertiary/aromatic N) is 3. The van der Waals surface area contributed by atoms with Gasteiger partial charge >= 0.3 is 0 Å². The van der Waals surface area contributed by atoms with Crippen molar-refractivity contribution in [3.05, 3.63) is 35.4 Å². The summed E-state index contributed by atoms with van der Waals surface area (Å²) in [6, 6.07) is 7.64. The third-order valence-corrected chi connectivity index (χ3v) is 6.92. The fourth-order valence-corrected chi connectivity index (χ4v) is 5.07. The minimum Gasteiger partial charge on any atom is -0.378 e. The lowest BCUT2D eigenvalue weighted by molar-refractivity contribution is -0.150. The molecule has 1 atom stereocenters. The van der Waals surface area contributed by atoms with Gasteiger partial charge in [0, 0.05) is 51.5 Å². The smallest absolute Gasteiger partial charge is 0.245 e. The van der Waals surface area contributed by atoms with Crippen LogP contribution in [0.4, 0.5) is 0 Å². The highest BCUT2D eigenvalue weighted by atomic mass is 16.5. The van der Waals surface area contributed by atoms with Crippen LogP contribution in [-0.2, 0) is 32.1 Å². The summed E-state index contributed by atoms with van der Waals surface area (Å²) in [6.07, 6.45) is 2.38. The second-order valence-electron chi connectivity index (χ2n) is 9.65. The van der Waals surface area contributed by atoms with E-state index in [1.54, 1.807) is 4.90 Å². The van der Waals surface area contributed by atoms with E-state index in [9.17, 15) is 14.4 Å². The number of benzene rings is 1. The van der Waals surface area contributed by atoms with Gasteiger partial charge in [0.05, 0.1) is 13.2 Å². The minimum atomic E-state index is -0.456. The van der Waals surface area contributed by atoms with Crippen molar-refractivity contribution >= 4 is 17.7 Å². The largest absolute Gasteiger partial charge is 0.378 e. The number of piperidine rings is 1. The second-order valence-corrected chi connectivity index (χ2v) is 9.65. The molecule has 0 aliphatic carbocycles. The Morgan fingerprint density at radius 2 is 1.56 bits per heavy atom. The third kappa shape index (κ3) is 4.98. The number of morpholine rings is 1. The van der Waals surface area contributed by atoms with Gasteiger partial charge in [-0.05, 0) is 29.9 Å². The van der Waals surface area contributed by atoms with Crippen LogP contribution in [-0.4, -0.2) is 77.9 Å². The second kappa shape index (κ2) is 10.0. The van der Waals surface area contributed by atoms with Crippen molar-refractivity contribution in [2.24, 2.45) is 11.8 Å². The van der Waals surface area contributed by atoms with Gasteiger partial charge in [0.2, 0.25) is 17.7 Å². The van der Waals surface area contributed by atoms with E-state index in [0.29, 0.717) is 71.6 Å². The van der Waals surface area contributed by atoms with E-state index in [2.05, 4.69) is 12.1 Å². The Kier molecular flexibility index (Phi) is 7.13. The first kappa shape index (κ1) is 22.8. The first-order valence-electron chi connectivity index (χ1n) is 12.0. The Hall–Kier alpha value is -2.41. The number of hydrogen-bond donors (Lipinski definition) is 0. The lowest BCUT2D eigenvalue weighted by Crippen LogP contribution is -2.55. The van der Waals surface area contributed by atoms with E-state index < -0.39 is 6.04 Å². The Bertz CT molecular complexity index is 841. The van der Waals surface area contributed by atoms with E-state index in [0.717, 1.165) is 11.1 Å². The predicted molar refractivity (Wildman–Crippen MR) is 121 cm³/mol. The van der Waals surface area contributed by atoms with Crippen molar-refractivity contribution < 1.29 is 19.1 Å². The molecule has 0 saturated carbocycles. The molecule has 0 N–H and O–H groups in total. The summed E-state index contributed by atoms with van der Waals surface area (Å²) in [4.78, 5) is 45.0. The van der Waals surface area contributed by atoms with Crippen molar-refractivity contribution in [3.8, 4) is 0 Å². The average molecular weight is 442 g/mol. The Morgan fingerprint density at radius 3 is 2.22 bits per heavy atom. The number of carbonyl (C=O) groups is 3. The number of fused-ring (bicyclic) bond motifs is 1. The highest BCUT2D eigenvalue weighted by Crippen LogP contribution is 2.28. The van der Waals surface area contributed by atoms with Gasteiger partial charge < -0.3 is 19.4 Å². The summed E-state index contributed by atoms with van der Waals surface area (Å²) in [5, 5.41) is 0. The maximum atomic E-state index is 13.6. The quantitative estimate of drug-likeness (QED) is 0.717. The monoisotopic (exact) mass is 441 g/mol. The lowest BCUT2D eigenvalue weighted by Gasteiger charge is -2.41. The highest BCUT2D eigenvalue weighted by Gasteiger charge is 2.39. The first-order chi connectivity index (χ1) is 15.4. The zero-order chi connectivity index (χ0) is 22.7. The normalized spacial score (nSPS) is 22.1. The van der Waals surface area contributed by atoms with E-state index in [1.165, 1.54) is 0 Å². The molecule has 3 aliphatic rings. The molecule has 3 heterocycles. The summed E-state index contributed by atoms with van der Waals surface area (Å²) in [7, 11) is 0. The number of rotatable bonds is 4. The maximum Gasteiger partial charge on any atom is 0.245 e. The van der Waals surface area contributed by atoms with Crippen LogP contribution in [0.25, 0.3) is 0 Å². The SMILES string of the molecule is CC(C)CC(=O)N1Cc2ccccc2CC1C(=O)N1CCC(C(=O)N2CCOCC2)CC1. The van der Waals surface area contributed by atoms with Gasteiger partial charge in [-0.2, -0.15) is 0 Å². The van der Waals surface area contributed by atoms with Gasteiger partial charge in [0.25, 0.3) is 0 Å². The summed E-state index contributed by atoms with van der Waals surface area (Å²) in [6.45, 7) is 8.22. The van der Waals surface area contributed by atoms with Gasteiger partial charge in [-0.15, -0.1) is 0 Å². The lowest BCUT2D eigenvalue weighted by atomic mass is 9.90. The molecule has 2 saturated heterocycles. The third-order valence-electron chi connectivity index (χ3n) is 6.92. The number of likely N-dealkylation sites (tertiary alicyclic amines) is 1. The van der Waals surface area contributed by atoms with Crippen molar-refractivity contribution in [1.82, 2.24) is 14.7 Å². The molecule has 1 unspecified atom stereocenters. The van der Waals surface area contributed by atoms with Gasteiger partial charge in [-0.3, -0.25) is 14.4 Å². The van der Waals surface area contributed by atoms with Gasteiger partial charge in [0.15, 0.2) is 0 Å². The van der Waals surface area contributed by atoms with Gasteiger partial charge in [-0.25, -0.2) is 0 Å². The topological polar surface area (TPSA) is 70.2 Å². The standard InChI is InChI=1S/C25H35N3O4/c1-18(2)15-23(29)28-17-21-6-4-3-5-20(21)16-22(28)25(31)26-9-7-19(8-10-26)24(30)27-11-13-32-14-12-27/h3-6,18-19,22H,7-17H2,1-2H3. The Balaban J connectivity index is 1.42. The maximum absolute atomic E-state index is 13.6. The Morgan fingerprint density at radius 1 is 0.938 bits per heavy atom. The van der Waals surface area contributed by atoms with E-state index in [4.69, 9.17) is 4.74 Å². The van der Waals surface area contributed by atoms with Crippen LogP contribution in [0.3, 0.4) is 0 Å². The first-order valence-corrected chi connectivity index (χ1v) is 12.0. The van der Waals surface area contributed by atoms with Crippen LogP contribution >= 0.6 is 0 Å². The van der Waals surface area contributed by atoms with Crippen molar-refractivity contribution in [2.45, 2.75) is 52.1 Å². The molecule has 0 spiro atoms. The Labute approximate surface area is 190 Å². The summed E-state index contributed by atoms with van der Waals surface area (Å²) in [5.41, 5.74) is 2.28. The van der Waals surface area contributed by atoms with Crippen LogP contribution in [0.15, 0.2) is 24.3 Å². The molecule has 4 rings (SSSR count). The molecule has 3 amide bonds. The molecule has 3 aliphatic heterocycles. The minimum absolute atomic E-state index is 0.0221. The fourth-order valence-electron chi connectivity index (χ4n) is 5.07. The van der Waals surface area contributed by atoms with Gasteiger partial charge in [-0.1, -0.05) is 38.1 Å². The number of ether oxygens (including phenoxy) is 1. The number of amides is 3. The van der Waals surface area contributed by atoms with Crippen LogP contribution < -0.4 is 0 Å². The molecular formula is C25H35N3O4. The van der Waals surface area contributed by atoms with E-state index in [1.807, 2.05) is 35.8 Å². The number of hydrogen-bond acceptors (Lipinski definition) is 4. The molecule has 1 aromatic carbocycles. The van der Waals surface area contributed by atoms with Crippen molar-refractivity contribution in [1.29, 1.82) is 0 Å². The molecule has 0 aromatic heterocycles. The molecular weight excluding hydrogens is 406 g/mol. The molecule has 2 fully saturated rings. The van der Waals surface area contributed by atoms with Crippen LogP contribution in [0, 0.1) is 11.8 Å². The van der Waals surface area contributed by atoms with E-state index in [-0.39, 0.29) is 29.6 Å². The van der Waals surface area contributed by atoms with Crippen molar-refractivity contribution in [3.63, 3.8) is 0 Å². The molecule has 174 valence electrons. The van der Waals surface area contributed by atoms with Crippen LogP contribution in [0.2, 0.25) is 0 Å². The average Bonchev–Trinajstić information content (AvgIpc) is 2.82. The molecule has 7 heteroatoms. The molecule has 7 nitrogen and oxygen atoms in total. The van der Waals surface area contributed by atoms with Crippen LogP contribution in [0.5, 0.6) is 0 Å². The summed E-state index contributed by atoms with van der Waals surface area (Å²) < 4.78 is 5.35. The molecule has 1 aromatic rings. The molecule has 0 radical (unpaired) electrons. The number of carbonyl (C=O) groups excluding carboxylic acids is 3.